The van der Waals surface area contributed by atoms with Gasteiger partial charge >= 0.3 is 0 Å². The molecular weight excluding hydrogens is 913 g/mol. The van der Waals surface area contributed by atoms with Gasteiger partial charge in [0.15, 0.2) is 0 Å². The van der Waals surface area contributed by atoms with Crippen molar-refractivity contribution in [2.75, 3.05) is 0 Å². The van der Waals surface area contributed by atoms with E-state index in [4.69, 9.17) is 0 Å². The predicted molar refractivity (Wildman–Crippen MR) is 364 cm³/mol. The van der Waals surface area contributed by atoms with E-state index in [1.807, 2.05) is 26.0 Å². The molecule has 0 aliphatic heterocycles. The van der Waals surface area contributed by atoms with Crippen molar-refractivity contribution in [1.82, 2.24) is 0 Å². The number of hydrogen-bond donors (Lipinski definition) is 0. The SMILES string of the molecule is C=C(C)CC/C=C(\C)C(=C)C.C=C/C(C)=C/CC/C(C)=C/CCC(=C)C.C=C/C(C)=C/CCC(=C)C.C=CC(=C)C.CC(C)CCCCC(C)C.CCC(C)CCCC(C)C.CCC(C)CCCC(C)CCCC(C)C. The minimum Gasteiger partial charge on any atom is -0.100 e. The van der Waals surface area contributed by atoms with Gasteiger partial charge in [0.05, 0.1) is 0 Å². The first-order chi connectivity index (χ1) is 35.4. The molecule has 0 radical (unpaired) electrons. The molecule has 446 valence electrons. The molecule has 0 aromatic rings. The Morgan fingerprint density at radius 1 is 0.342 bits per heavy atom. The molecule has 0 amide bonds. The Balaban J connectivity index is -0.000000149. The molecule has 0 aliphatic rings. The number of unbranched alkanes of at least 4 members (excludes halogenated alkanes) is 1. The van der Waals surface area contributed by atoms with Gasteiger partial charge < -0.3 is 0 Å². The lowest BCUT2D eigenvalue weighted by Gasteiger charge is -2.13. The summed E-state index contributed by atoms with van der Waals surface area (Å²) in [6, 6.07) is 0. The highest BCUT2D eigenvalue weighted by atomic mass is 14.1. The maximum absolute atomic E-state index is 3.90. The molecule has 3 unspecified atom stereocenters. The average Bonchev–Trinajstić information content (AvgIpc) is 3.33. The largest absolute Gasteiger partial charge is 0.100 e. The molecule has 0 N–H and O–H groups in total. The van der Waals surface area contributed by atoms with Gasteiger partial charge in [0.25, 0.3) is 0 Å². The minimum atomic E-state index is 0.886. The third-order valence-corrected chi connectivity index (χ3v) is 13.4. The second kappa shape index (κ2) is 64.4. The van der Waals surface area contributed by atoms with Crippen LogP contribution in [0.15, 0.2) is 145 Å². The van der Waals surface area contributed by atoms with Crippen LogP contribution in [-0.2, 0) is 0 Å². The standard InChI is InChI=1S/C15H32.C15H24.C11H18.2C10H22.C10H16.C5H8/c2*1-6-14(4)10-8-12-15(5)11-7-9-13(2)3;1-9(2)7-6-8-11(5)10(3)4;1-9(2)7-5-6-8-10(3)4;2*1-5-10(4)8-6-7-9(2)3;1-4-5(2)3/h13-15H,6-12H2,1-5H3;6,10-11H,1-2,7-9,12H2,3-5H3;8H,1,3,6-7H2,2,4-5H3;2*9-10H,5-8H2,1-4H3;5,8H,1-2,6-7H2,3-4H3;4H,1-2H2,3H3/b;14-10+,15-11+;11-8+;;;10-8+;. The summed E-state index contributed by atoms with van der Waals surface area (Å²) >= 11 is 0. The summed E-state index contributed by atoms with van der Waals surface area (Å²) < 4.78 is 0. The van der Waals surface area contributed by atoms with Crippen LogP contribution in [0.25, 0.3) is 0 Å². The minimum absolute atomic E-state index is 0.886. The van der Waals surface area contributed by atoms with E-state index in [-0.39, 0.29) is 0 Å². The Morgan fingerprint density at radius 2 is 0.618 bits per heavy atom. The molecule has 0 aromatic heterocycles. The summed E-state index contributed by atoms with van der Waals surface area (Å²) in [5.74, 6) is 6.40. The first kappa shape index (κ1) is 86.8. The van der Waals surface area contributed by atoms with Crippen molar-refractivity contribution in [2.45, 2.75) is 300 Å². The zero-order valence-corrected chi connectivity index (χ0v) is 56.5. The van der Waals surface area contributed by atoms with Crippen LogP contribution < -0.4 is 0 Å². The summed E-state index contributed by atoms with van der Waals surface area (Å²) in [6.45, 7) is 78.6. The van der Waals surface area contributed by atoms with Crippen LogP contribution in [0.4, 0.5) is 0 Å². The van der Waals surface area contributed by atoms with Crippen molar-refractivity contribution in [3.05, 3.63) is 145 Å². The molecule has 0 nitrogen and oxygen atoms in total. The fourth-order valence-electron chi connectivity index (χ4n) is 6.84. The summed E-state index contributed by atoms with van der Waals surface area (Å²) in [5.41, 5.74) is 11.2. The van der Waals surface area contributed by atoms with Crippen LogP contribution in [0.2, 0.25) is 0 Å². The molecule has 0 rings (SSSR count). The highest BCUT2D eigenvalue weighted by Crippen LogP contribution is 2.20. The molecule has 0 saturated heterocycles. The summed E-state index contributed by atoms with van der Waals surface area (Å²) in [5, 5.41) is 0. The maximum atomic E-state index is 3.90. The molecule has 0 aromatic carbocycles. The second-order valence-corrected chi connectivity index (χ2v) is 24.9. The molecule has 0 fully saturated rings. The Bertz CT molecular complexity index is 1510. The van der Waals surface area contributed by atoms with Crippen LogP contribution in [0.5, 0.6) is 0 Å². The van der Waals surface area contributed by atoms with E-state index in [9.17, 15) is 0 Å². The van der Waals surface area contributed by atoms with E-state index in [2.05, 4.69) is 215 Å². The maximum Gasteiger partial charge on any atom is -0.0288 e. The van der Waals surface area contributed by atoms with Crippen LogP contribution in [-0.4, -0.2) is 0 Å². The van der Waals surface area contributed by atoms with E-state index in [1.54, 1.807) is 6.08 Å². The van der Waals surface area contributed by atoms with Crippen molar-refractivity contribution in [3.63, 3.8) is 0 Å². The van der Waals surface area contributed by atoms with Crippen molar-refractivity contribution in [2.24, 2.45) is 41.4 Å². The van der Waals surface area contributed by atoms with Gasteiger partial charge in [-0.3, -0.25) is 0 Å². The molecule has 0 spiro atoms. The Hall–Kier alpha value is -3.12. The first-order valence-corrected chi connectivity index (χ1v) is 31.2. The molecule has 0 heteroatoms. The van der Waals surface area contributed by atoms with Crippen LogP contribution in [0.3, 0.4) is 0 Å². The van der Waals surface area contributed by atoms with Crippen LogP contribution in [0.1, 0.15) is 300 Å². The molecule has 3 atom stereocenters. The van der Waals surface area contributed by atoms with E-state index in [0.29, 0.717) is 0 Å². The lowest BCUT2D eigenvalue weighted by Crippen LogP contribution is -1.99. The number of rotatable bonds is 35. The van der Waals surface area contributed by atoms with E-state index < -0.39 is 0 Å². The van der Waals surface area contributed by atoms with Crippen molar-refractivity contribution in [1.29, 1.82) is 0 Å². The average molecular weight is 1060 g/mol. The van der Waals surface area contributed by atoms with Crippen LogP contribution in [0, 0.1) is 41.4 Å². The molecule has 0 heterocycles. The van der Waals surface area contributed by atoms with E-state index in [1.165, 1.54) is 135 Å². The monoisotopic (exact) mass is 1060 g/mol. The predicted octanol–water partition coefficient (Wildman–Crippen LogP) is 27.7. The summed E-state index contributed by atoms with van der Waals surface area (Å²) in [6.07, 6.45) is 44.6. The van der Waals surface area contributed by atoms with Crippen molar-refractivity contribution in [3.8, 4) is 0 Å². The molecule has 76 heavy (non-hydrogen) atoms. The normalized spacial score (nSPS) is 12.5. The van der Waals surface area contributed by atoms with Crippen LogP contribution >= 0.6 is 0 Å². The van der Waals surface area contributed by atoms with Gasteiger partial charge in [-0.2, -0.15) is 0 Å². The van der Waals surface area contributed by atoms with E-state index >= 15 is 0 Å². The van der Waals surface area contributed by atoms with Crippen molar-refractivity contribution < 1.29 is 0 Å². The highest BCUT2D eigenvalue weighted by molar-refractivity contribution is 5.23. The molecule has 0 saturated carbocycles. The van der Waals surface area contributed by atoms with Crippen molar-refractivity contribution >= 4 is 0 Å². The summed E-state index contributed by atoms with van der Waals surface area (Å²) in [4.78, 5) is 0. The van der Waals surface area contributed by atoms with Gasteiger partial charge in [-0.25, -0.2) is 0 Å². The fourth-order valence-corrected chi connectivity index (χ4v) is 6.84. The fraction of sp³-hybridized carbons (Fsp3) is 0.684. The highest BCUT2D eigenvalue weighted by Gasteiger charge is 2.05. The zero-order valence-electron chi connectivity index (χ0n) is 56.5. The van der Waals surface area contributed by atoms with Gasteiger partial charge in [-0.05, 0) is 155 Å². The van der Waals surface area contributed by atoms with E-state index in [0.717, 1.165) is 104 Å². The zero-order chi connectivity index (χ0) is 60.5. The smallest absolute Gasteiger partial charge is 0.0288 e. The number of allylic oxidation sites excluding steroid dienone is 16. The first-order valence-electron chi connectivity index (χ1n) is 31.2. The lowest BCUT2D eigenvalue weighted by molar-refractivity contribution is 0.397. The lowest BCUT2D eigenvalue weighted by atomic mass is 9.93. The van der Waals surface area contributed by atoms with Gasteiger partial charge in [-0.15, -0.1) is 19.7 Å². The second-order valence-electron chi connectivity index (χ2n) is 24.9. The quantitative estimate of drug-likeness (QED) is 0.0337. The van der Waals surface area contributed by atoms with Gasteiger partial charge in [0, 0.05) is 0 Å². The molecule has 0 bridgehead atoms. The van der Waals surface area contributed by atoms with Gasteiger partial charge in [0.1, 0.15) is 0 Å². The number of hydrogen-bond acceptors (Lipinski definition) is 0. The molecular formula is C76H142. The third-order valence-electron chi connectivity index (χ3n) is 13.4. The Morgan fingerprint density at radius 3 is 0.895 bits per heavy atom. The van der Waals surface area contributed by atoms with Gasteiger partial charge in [0.2, 0.25) is 0 Å². The van der Waals surface area contributed by atoms with Gasteiger partial charge in [-0.1, -0.05) is 312 Å². The summed E-state index contributed by atoms with van der Waals surface area (Å²) in [7, 11) is 0. The third kappa shape index (κ3) is 96.5. The Kier molecular flexibility index (Phi) is 73.5. The topological polar surface area (TPSA) is 0 Å². The molecule has 0 aliphatic carbocycles. The Labute approximate surface area is 484 Å².